The highest BCUT2D eigenvalue weighted by Crippen LogP contribution is 2.39. The smallest absolute Gasteiger partial charge is 0.307 e. The van der Waals surface area contributed by atoms with E-state index >= 15 is 0 Å². The number of ether oxygens (including phenoxy) is 1. The number of aliphatic carboxylic acids is 1. The van der Waals surface area contributed by atoms with E-state index in [0.29, 0.717) is 11.4 Å². The van der Waals surface area contributed by atoms with Gasteiger partial charge in [0.05, 0.1) is 6.42 Å². The number of anilines is 1. The van der Waals surface area contributed by atoms with E-state index in [1.54, 1.807) is 6.20 Å². The summed E-state index contributed by atoms with van der Waals surface area (Å²) in [6.45, 7) is 0. The average Bonchev–Trinajstić information content (AvgIpc) is 3.17. The molecule has 0 spiro atoms. The lowest BCUT2D eigenvalue weighted by Crippen LogP contribution is -2.08. The van der Waals surface area contributed by atoms with E-state index < -0.39 is 11.8 Å². The molecule has 0 aliphatic heterocycles. The predicted octanol–water partition coefficient (Wildman–Crippen LogP) is 5.32. The van der Waals surface area contributed by atoms with E-state index in [1.807, 2.05) is 24.3 Å². The number of aryl methyl sites for hydroxylation is 1. The van der Waals surface area contributed by atoms with Gasteiger partial charge < -0.3 is 15.6 Å². The van der Waals surface area contributed by atoms with Gasteiger partial charge in [0.1, 0.15) is 23.5 Å². The van der Waals surface area contributed by atoms with E-state index in [9.17, 15) is 14.3 Å². The van der Waals surface area contributed by atoms with E-state index in [4.69, 9.17) is 10.5 Å². The summed E-state index contributed by atoms with van der Waals surface area (Å²) in [7, 11) is 0. The molecular formula is C26H21FN2O3. The maximum Gasteiger partial charge on any atom is 0.307 e. The monoisotopic (exact) mass is 428 g/mol. The molecule has 0 radical (unpaired) electrons. The van der Waals surface area contributed by atoms with Gasteiger partial charge in [0.2, 0.25) is 0 Å². The molecule has 4 aromatic rings. The number of aromatic nitrogens is 1. The van der Waals surface area contributed by atoms with Crippen molar-refractivity contribution in [1.29, 1.82) is 0 Å². The van der Waals surface area contributed by atoms with Gasteiger partial charge >= 0.3 is 5.97 Å². The summed E-state index contributed by atoms with van der Waals surface area (Å²) in [6.07, 6.45) is 2.79. The summed E-state index contributed by atoms with van der Waals surface area (Å²) in [5.41, 5.74) is 10.8. The minimum absolute atomic E-state index is 0.220. The van der Waals surface area contributed by atoms with Gasteiger partial charge in [-0.1, -0.05) is 30.3 Å². The van der Waals surface area contributed by atoms with Gasteiger partial charge in [0.15, 0.2) is 0 Å². The van der Waals surface area contributed by atoms with Crippen LogP contribution in [0.5, 0.6) is 5.75 Å². The Morgan fingerprint density at radius 2 is 1.91 bits per heavy atom. The van der Waals surface area contributed by atoms with E-state index in [-0.39, 0.29) is 18.3 Å². The molecule has 1 atom stereocenters. The third kappa shape index (κ3) is 3.75. The van der Waals surface area contributed by atoms with Gasteiger partial charge in [-0.3, -0.25) is 4.79 Å². The topological polar surface area (TPSA) is 85.4 Å². The van der Waals surface area contributed by atoms with Crippen molar-refractivity contribution >= 4 is 22.6 Å². The Morgan fingerprint density at radius 1 is 1.09 bits per heavy atom. The highest BCUT2D eigenvalue weighted by molar-refractivity contribution is 5.94. The van der Waals surface area contributed by atoms with Gasteiger partial charge in [0.25, 0.3) is 0 Å². The number of benzene rings is 3. The lowest BCUT2D eigenvalue weighted by Gasteiger charge is -2.18. The first-order chi connectivity index (χ1) is 15.5. The quantitative estimate of drug-likeness (QED) is 0.450. The molecule has 0 amide bonds. The normalized spacial score (nSPS) is 15.0. The van der Waals surface area contributed by atoms with Crippen LogP contribution in [0.4, 0.5) is 10.2 Å². The molecule has 0 saturated heterocycles. The molecule has 3 aromatic carbocycles. The number of nitrogen functional groups attached to an aromatic ring is 1. The Morgan fingerprint density at radius 3 is 2.75 bits per heavy atom. The average molecular weight is 428 g/mol. The molecule has 0 saturated carbocycles. The van der Waals surface area contributed by atoms with Crippen molar-refractivity contribution in [2.45, 2.75) is 25.4 Å². The Bertz CT molecular complexity index is 1350. The maximum absolute atomic E-state index is 13.9. The van der Waals surface area contributed by atoms with Gasteiger partial charge in [-0.25, -0.2) is 9.37 Å². The Hall–Kier alpha value is -3.93. The van der Waals surface area contributed by atoms with Crippen LogP contribution < -0.4 is 10.5 Å². The second-order valence-corrected chi connectivity index (χ2v) is 8.01. The standard InChI is InChI=1S/C26H21FN2O3/c27-20-7-5-19(13-25(30)31)24(14-20)32-23-8-6-15-1-3-17(11-21(15)23)18-4-2-16-9-10-29-26(28)22(16)12-18/h1-5,7,9-12,14,23H,6,8,13H2,(H2,28,29)(H,30,31). The lowest BCUT2D eigenvalue weighted by atomic mass is 9.98. The van der Waals surface area contributed by atoms with Crippen LogP contribution in [-0.4, -0.2) is 16.1 Å². The van der Waals surface area contributed by atoms with E-state index in [1.165, 1.54) is 23.8 Å². The number of carboxylic acids is 1. The molecule has 5 rings (SSSR count). The van der Waals surface area contributed by atoms with Crippen molar-refractivity contribution in [1.82, 2.24) is 4.98 Å². The van der Waals surface area contributed by atoms with Crippen LogP contribution >= 0.6 is 0 Å². The van der Waals surface area contributed by atoms with Gasteiger partial charge in [-0.15, -0.1) is 0 Å². The Balaban J connectivity index is 1.49. The van der Waals surface area contributed by atoms with Gasteiger partial charge in [-0.2, -0.15) is 0 Å². The predicted molar refractivity (Wildman–Crippen MR) is 121 cm³/mol. The lowest BCUT2D eigenvalue weighted by molar-refractivity contribution is -0.136. The van der Waals surface area contributed by atoms with Gasteiger partial charge in [0, 0.05) is 23.2 Å². The van der Waals surface area contributed by atoms with Crippen LogP contribution in [0, 0.1) is 5.82 Å². The van der Waals surface area contributed by atoms with Gasteiger partial charge in [-0.05, 0) is 64.7 Å². The number of carboxylic acid groups (broad SMARTS) is 1. The molecule has 1 heterocycles. The van der Waals surface area contributed by atoms with Crippen LogP contribution in [0.25, 0.3) is 21.9 Å². The third-order valence-corrected chi connectivity index (χ3v) is 5.94. The molecule has 160 valence electrons. The highest BCUT2D eigenvalue weighted by atomic mass is 19.1. The maximum atomic E-state index is 13.9. The second-order valence-electron chi connectivity index (χ2n) is 8.01. The largest absolute Gasteiger partial charge is 0.485 e. The first-order valence-corrected chi connectivity index (χ1v) is 10.4. The van der Waals surface area contributed by atoms with Crippen molar-refractivity contribution in [3.63, 3.8) is 0 Å². The van der Waals surface area contributed by atoms with Crippen molar-refractivity contribution in [3.05, 3.63) is 89.4 Å². The van der Waals surface area contributed by atoms with Crippen molar-refractivity contribution in [2.24, 2.45) is 0 Å². The molecule has 1 aliphatic rings. The summed E-state index contributed by atoms with van der Waals surface area (Å²) < 4.78 is 20.0. The van der Waals surface area contributed by atoms with Crippen LogP contribution in [0.2, 0.25) is 0 Å². The number of nitrogens with zero attached hydrogens (tertiary/aromatic N) is 1. The minimum atomic E-state index is -0.986. The molecular weight excluding hydrogens is 407 g/mol. The number of carbonyl (C=O) groups is 1. The SMILES string of the molecule is Nc1nccc2ccc(-c3ccc4c(c3)C(Oc3cc(F)ccc3CC(=O)O)CC4)cc12. The number of halogens is 1. The number of pyridine rings is 1. The summed E-state index contributed by atoms with van der Waals surface area (Å²) in [6, 6.07) is 18.3. The minimum Gasteiger partial charge on any atom is -0.485 e. The van der Waals surface area contributed by atoms with Crippen molar-refractivity contribution in [3.8, 4) is 16.9 Å². The molecule has 1 unspecified atom stereocenters. The summed E-state index contributed by atoms with van der Waals surface area (Å²) in [5.74, 6) is -0.673. The molecule has 6 heteroatoms. The first-order valence-electron chi connectivity index (χ1n) is 10.4. The molecule has 3 N–H and O–H groups in total. The Kier molecular flexibility index (Phi) is 4.98. The van der Waals surface area contributed by atoms with E-state index in [2.05, 4.69) is 23.2 Å². The highest BCUT2D eigenvalue weighted by Gasteiger charge is 2.26. The molecule has 1 aromatic heterocycles. The molecule has 0 fully saturated rings. The van der Waals surface area contributed by atoms with Crippen LogP contribution in [0.15, 0.2) is 66.9 Å². The zero-order chi connectivity index (χ0) is 22.2. The molecule has 1 aliphatic carbocycles. The summed E-state index contributed by atoms with van der Waals surface area (Å²) >= 11 is 0. The fourth-order valence-electron chi connectivity index (χ4n) is 4.34. The first kappa shape index (κ1) is 20.0. The zero-order valence-corrected chi connectivity index (χ0v) is 17.2. The number of nitrogens with two attached hydrogens (primary N) is 1. The summed E-state index contributed by atoms with van der Waals surface area (Å²) in [4.78, 5) is 15.4. The van der Waals surface area contributed by atoms with Crippen LogP contribution in [0.3, 0.4) is 0 Å². The number of fused-ring (bicyclic) bond motifs is 2. The third-order valence-electron chi connectivity index (χ3n) is 5.94. The number of hydrogen-bond acceptors (Lipinski definition) is 4. The summed E-state index contributed by atoms with van der Waals surface area (Å²) in [5, 5.41) is 11.1. The molecule has 0 bridgehead atoms. The fourth-order valence-corrected chi connectivity index (χ4v) is 4.34. The molecule has 32 heavy (non-hydrogen) atoms. The van der Waals surface area contributed by atoms with Crippen LogP contribution in [0.1, 0.15) is 29.2 Å². The van der Waals surface area contributed by atoms with E-state index in [0.717, 1.165) is 40.3 Å². The molecule has 5 nitrogen and oxygen atoms in total. The van der Waals surface area contributed by atoms with Crippen LogP contribution in [-0.2, 0) is 17.6 Å². The number of rotatable bonds is 5. The van der Waals surface area contributed by atoms with Crippen molar-refractivity contribution < 1.29 is 19.0 Å². The van der Waals surface area contributed by atoms with Crippen molar-refractivity contribution in [2.75, 3.05) is 5.73 Å². The zero-order valence-electron chi connectivity index (χ0n) is 17.2. The number of hydrogen-bond donors (Lipinski definition) is 2. The second kappa shape index (κ2) is 7.96. The Labute approximate surface area is 184 Å². The fraction of sp³-hybridized carbons (Fsp3) is 0.154.